The molecule has 1 aliphatic rings. The predicted molar refractivity (Wildman–Crippen MR) is 109 cm³/mol. The van der Waals surface area contributed by atoms with Crippen LogP contribution in [0.5, 0.6) is 0 Å². The lowest BCUT2D eigenvalue weighted by atomic mass is 9.96. The minimum atomic E-state index is -0.240. The topological polar surface area (TPSA) is 29.5 Å². The highest BCUT2D eigenvalue weighted by Crippen LogP contribution is 2.33. The first-order valence-electron chi connectivity index (χ1n) is 9.35. The number of fused-ring (bicyclic) bond motifs is 1. The van der Waals surface area contributed by atoms with Crippen LogP contribution in [-0.4, -0.2) is 23.6 Å². The molecule has 0 spiro atoms. The molecule has 0 radical (unpaired) electrons. The number of benzene rings is 3. The van der Waals surface area contributed by atoms with Crippen LogP contribution in [0.1, 0.15) is 23.6 Å². The number of amides is 1. The Labute approximate surface area is 159 Å². The zero-order valence-corrected chi connectivity index (χ0v) is 15.3. The van der Waals surface area contributed by atoms with Gasteiger partial charge in [0, 0.05) is 0 Å². The number of carbonyl (C=O) groups excluding carboxylic acids is 1. The van der Waals surface area contributed by atoms with E-state index in [0.29, 0.717) is 13.0 Å². The molecule has 3 aromatic rings. The van der Waals surface area contributed by atoms with Crippen molar-refractivity contribution < 1.29 is 9.53 Å². The van der Waals surface area contributed by atoms with Gasteiger partial charge in [-0.3, -0.25) is 4.90 Å². The van der Waals surface area contributed by atoms with Gasteiger partial charge in [-0.25, -0.2) is 4.79 Å². The second-order valence-electron chi connectivity index (χ2n) is 6.97. The van der Waals surface area contributed by atoms with Crippen molar-refractivity contribution >= 4 is 16.9 Å². The van der Waals surface area contributed by atoms with Gasteiger partial charge in [-0.15, -0.1) is 6.58 Å². The van der Waals surface area contributed by atoms with Crippen LogP contribution in [0.15, 0.2) is 85.5 Å². The maximum atomic E-state index is 12.6. The van der Waals surface area contributed by atoms with E-state index in [2.05, 4.69) is 49.0 Å². The number of carbonyl (C=O) groups is 1. The van der Waals surface area contributed by atoms with Crippen LogP contribution in [0.2, 0.25) is 0 Å². The third-order valence-corrected chi connectivity index (χ3v) is 5.20. The van der Waals surface area contributed by atoms with Crippen LogP contribution < -0.4 is 0 Å². The van der Waals surface area contributed by atoms with E-state index >= 15 is 0 Å². The lowest BCUT2D eigenvalue weighted by molar-refractivity contribution is 0.144. The van der Waals surface area contributed by atoms with E-state index in [1.807, 2.05) is 41.3 Å². The smallest absolute Gasteiger partial charge is 0.410 e. The van der Waals surface area contributed by atoms with Gasteiger partial charge in [0.2, 0.25) is 0 Å². The average Bonchev–Trinajstić information content (AvgIpc) is 3.06. The summed E-state index contributed by atoms with van der Waals surface area (Å²) in [7, 11) is 0. The van der Waals surface area contributed by atoms with Gasteiger partial charge < -0.3 is 4.74 Å². The minimum absolute atomic E-state index is 0.0244. The van der Waals surface area contributed by atoms with Gasteiger partial charge in [-0.1, -0.05) is 72.8 Å². The largest absolute Gasteiger partial charge is 0.447 e. The Morgan fingerprint density at radius 1 is 1.04 bits per heavy atom. The van der Waals surface area contributed by atoms with Gasteiger partial charge in [0.15, 0.2) is 0 Å². The van der Waals surface area contributed by atoms with Crippen molar-refractivity contribution in [3.8, 4) is 0 Å². The zero-order chi connectivity index (χ0) is 18.6. The molecular formula is C24H23NO2. The van der Waals surface area contributed by atoms with Gasteiger partial charge in [0.25, 0.3) is 0 Å². The second kappa shape index (κ2) is 7.67. The normalized spacial score (nSPS) is 17.7. The van der Waals surface area contributed by atoms with Gasteiger partial charge in [-0.05, 0) is 40.8 Å². The maximum Gasteiger partial charge on any atom is 0.410 e. The van der Waals surface area contributed by atoms with Crippen LogP contribution in [-0.2, 0) is 11.2 Å². The molecule has 3 aromatic carbocycles. The quantitative estimate of drug-likeness (QED) is 0.544. The molecule has 1 heterocycles. The Bertz CT molecular complexity index is 951. The first-order chi connectivity index (χ1) is 13.3. The number of cyclic esters (lactones) is 1. The molecule has 0 aromatic heterocycles. The minimum Gasteiger partial charge on any atom is -0.447 e. The standard InChI is InChI=1S/C24H23NO2/c1-2-8-23(21-14-13-19-11-6-7-12-20(19)16-21)25-22(17-27-24(25)26)15-18-9-4-3-5-10-18/h2-7,9-14,16,22-23H,1,8,15,17H2/t22-,23-/m0/s1. The molecule has 136 valence electrons. The summed E-state index contributed by atoms with van der Waals surface area (Å²) in [5.74, 6) is 0. The van der Waals surface area contributed by atoms with Gasteiger partial charge in [0.05, 0.1) is 12.1 Å². The van der Waals surface area contributed by atoms with E-state index in [0.717, 1.165) is 12.0 Å². The van der Waals surface area contributed by atoms with Gasteiger partial charge in [-0.2, -0.15) is 0 Å². The Morgan fingerprint density at radius 2 is 1.78 bits per heavy atom. The molecule has 1 amide bonds. The molecule has 1 aliphatic heterocycles. The Hall–Kier alpha value is -3.07. The number of ether oxygens (including phenoxy) is 1. The summed E-state index contributed by atoms with van der Waals surface area (Å²) in [6.07, 6.45) is 3.12. The highest BCUT2D eigenvalue weighted by molar-refractivity contribution is 5.83. The predicted octanol–water partition coefficient (Wildman–Crippen LogP) is 5.52. The lowest BCUT2D eigenvalue weighted by Crippen LogP contribution is -2.38. The molecule has 0 unspecified atom stereocenters. The highest BCUT2D eigenvalue weighted by Gasteiger charge is 2.38. The van der Waals surface area contributed by atoms with Crippen molar-refractivity contribution in [1.82, 2.24) is 4.90 Å². The molecule has 0 N–H and O–H groups in total. The van der Waals surface area contributed by atoms with Crippen molar-refractivity contribution in [3.05, 3.63) is 96.6 Å². The fraction of sp³-hybridized carbons (Fsp3) is 0.208. The molecule has 1 fully saturated rings. The number of hydrogen-bond donors (Lipinski definition) is 0. The first-order valence-corrected chi connectivity index (χ1v) is 9.35. The molecule has 27 heavy (non-hydrogen) atoms. The highest BCUT2D eigenvalue weighted by atomic mass is 16.6. The van der Waals surface area contributed by atoms with Crippen LogP contribution >= 0.6 is 0 Å². The van der Waals surface area contributed by atoms with Crippen molar-refractivity contribution in [1.29, 1.82) is 0 Å². The SMILES string of the molecule is C=CC[C@@H](c1ccc2ccccc2c1)N1C(=O)OC[C@@H]1Cc1ccccc1. The summed E-state index contributed by atoms with van der Waals surface area (Å²) in [6, 6.07) is 24.9. The van der Waals surface area contributed by atoms with Crippen LogP contribution in [0.4, 0.5) is 4.79 Å². The summed E-state index contributed by atoms with van der Waals surface area (Å²) in [5.41, 5.74) is 2.33. The van der Waals surface area contributed by atoms with Crippen molar-refractivity contribution in [2.45, 2.75) is 24.9 Å². The van der Waals surface area contributed by atoms with Crippen LogP contribution in [0.3, 0.4) is 0 Å². The van der Waals surface area contributed by atoms with Crippen molar-refractivity contribution in [2.75, 3.05) is 6.61 Å². The Balaban J connectivity index is 1.67. The van der Waals surface area contributed by atoms with Gasteiger partial charge in [0.1, 0.15) is 6.61 Å². The Kier molecular flexibility index (Phi) is 4.93. The summed E-state index contributed by atoms with van der Waals surface area (Å²) >= 11 is 0. The molecule has 0 bridgehead atoms. The molecule has 0 aliphatic carbocycles. The molecule has 2 atom stereocenters. The third kappa shape index (κ3) is 3.59. The Morgan fingerprint density at radius 3 is 2.56 bits per heavy atom. The zero-order valence-electron chi connectivity index (χ0n) is 15.3. The summed E-state index contributed by atoms with van der Waals surface area (Å²) in [4.78, 5) is 14.5. The summed E-state index contributed by atoms with van der Waals surface area (Å²) in [6.45, 7) is 4.34. The first kappa shape index (κ1) is 17.3. The molecule has 4 rings (SSSR count). The fourth-order valence-electron chi connectivity index (χ4n) is 3.88. The molecule has 1 saturated heterocycles. The van der Waals surface area contributed by atoms with Crippen molar-refractivity contribution in [2.24, 2.45) is 0 Å². The number of nitrogens with zero attached hydrogens (tertiary/aromatic N) is 1. The maximum absolute atomic E-state index is 12.6. The van der Waals surface area contributed by atoms with Crippen LogP contribution in [0.25, 0.3) is 10.8 Å². The molecule has 3 nitrogen and oxygen atoms in total. The van der Waals surface area contributed by atoms with Crippen LogP contribution in [0, 0.1) is 0 Å². The fourth-order valence-corrected chi connectivity index (χ4v) is 3.88. The monoisotopic (exact) mass is 357 g/mol. The van der Waals surface area contributed by atoms with E-state index in [4.69, 9.17) is 4.74 Å². The average molecular weight is 357 g/mol. The van der Waals surface area contributed by atoms with E-state index < -0.39 is 0 Å². The summed E-state index contributed by atoms with van der Waals surface area (Å²) < 4.78 is 5.44. The third-order valence-electron chi connectivity index (χ3n) is 5.20. The van der Waals surface area contributed by atoms with Gasteiger partial charge >= 0.3 is 6.09 Å². The van der Waals surface area contributed by atoms with E-state index in [1.165, 1.54) is 16.3 Å². The lowest BCUT2D eigenvalue weighted by Gasteiger charge is -2.31. The number of hydrogen-bond acceptors (Lipinski definition) is 2. The molecule has 3 heteroatoms. The van der Waals surface area contributed by atoms with E-state index in [1.54, 1.807) is 0 Å². The molecular weight excluding hydrogens is 334 g/mol. The molecule has 0 saturated carbocycles. The van der Waals surface area contributed by atoms with Crippen molar-refractivity contribution in [3.63, 3.8) is 0 Å². The van der Waals surface area contributed by atoms with E-state index in [9.17, 15) is 4.79 Å². The number of rotatable bonds is 6. The second-order valence-corrected chi connectivity index (χ2v) is 6.97. The summed E-state index contributed by atoms with van der Waals surface area (Å²) in [5, 5.41) is 2.37. The van der Waals surface area contributed by atoms with E-state index in [-0.39, 0.29) is 18.2 Å².